The van der Waals surface area contributed by atoms with Gasteiger partial charge in [-0.3, -0.25) is 29.4 Å². The summed E-state index contributed by atoms with van der Waals surface area (Å²) in [4.78, 5) is 36.0. The van der Waals surface area contributed by atoms with Gasteiger partial charge in [-0.05, 0) is 24.3 Å². The molecule has 0 aliphatic heterocycles. The van der Waals surface area contributed by atoms with E-state index in [0.29, 0.717) is 16.7 Å². The van der Waals surface area contributed by atoms with Crippen LogP contribution in [-0.2, 0) is 0 Å². The summed E-state index contributed by atoms with van der Waals surface area (Å²) >= 11 is 1.52. The Hall–Kier alpha value is -4.44. The first-order chi connectivity index (χ1) is 17.1. The maximum absolute atomic E-state index is 13.4. The Kier molecular flexibility index (Phi) is 4.15. The van der Waals surface area contributed by atoms with Crippen LogP contribution in [-0.4, -0.2) is 45.6 Å². The minimum absolute atomic E-state index is 0.0133. The highest BCUT2D eigenvalue weighted by Gasteiger charge is 2.15. The Morgan fingerprint density at radius 3 is 2.74 bits per heavy atom. The van der Waals surface area contributed by atoms with Crippen LogP contribution in [0.2, 0.25) is 0 Å². The van der Waals surface area contributed by atoms with Crippen LogP contribution in [0.15, 0.2) is 55.2 Å². The first kappa shape index (κ1) is 20.0. The van der Waals surface area contributed by atoms with E-state index in [-0.39, 0.29) is 11.8 Å². The largest absolute Gasteiger partial charge is 0.335 e. The smallest absolute Gasteiger partial charge is 0.234 e. The number of thiophene rings is 1. The molecular weight excluding hydrogens is 460 g/mol. The van der Waals surface area contributed by atoms with Crippen LogP contribution >= 0.6 is 11.3 Å². The van der Waals surface area contributed by atoms with E-state index in [0.717, 1.165) is 47.8 Å². The predicted molar refractivity (Wildman–Crippen MR) is 138 cm³/mol. The molecule has 0 unspecified atom stereocenters. The van der Waals surface area contributed by atoms with Crippen LogP contribution in [0.5, 0.6) is 0 Å². The van der Waals surface area contributed by atoms with Crippen molar-refractivity contribution in [3.05, 3.63) is 55.2 Å². The number of carbonyl (C=O) groups is 1. The van der Waals surface area contributed by atoms with Crippen LogP contribution in [0, 0.1) is 5.92 Å². The van der Waals surface area contributed by atoms with Crippen LogP contribution in [0.1, 0.15) is 18.6 Å². The first-order valence-electron chi connectivity index (χ1n) is 11.1. The van der Waals surface area contributed by atoms with Gasteiger partial charge in [-0.2, -0.15) is 5.10 Å². The van der Waals surface area contributed by atoms with E-state index >= 15 is 0 Å². The number of fused-ring (bicyclic) bond motifs is 9. The highest BCUT2D eigenvalue weighted by Crippen LogP contribution is 2.30. The van der Waals surface area contributed by atoms with Gasteiger partial charge in [0.15, 0.2) is 5.65 Å². The van der Waals surface area contributed by atoms with Gasteiger partial charge in [-0.1, -0.05) is 13.8 Å². The second-order valence-electron chi connectivity index (χ2n) is 8.75. The monoisotopic (exact) mass is 478 g/mol. The van der Waals surface area contributed by atoms with E-state index in [2.05, 4.69) is 30.1 Å². The molecule has 35 heavy (non-hydrogen) atoms. The number of nitrogens with one attached hydrogen (secondary N) is 2. The standard InChI is InChI=1S/C25H18N8OS/c1-12(2)25(34)33-14-5-13(7-26-8-14)17-6-15-18(11-28-17)31-32-23(15)24-29-19-10-27-9-16(22(19)30-24)20-3-4-21(33)35-20/h3-12H,1-2H3,(H,29,30)(H,31,32). The molecule has 7 aromatic rings. The van der Waals surface area contributed by atoms with E-state index in [1.807, 2.05) is 44.3 Å². The van der Waals surface area contributed by atoms with Crippen molar-refractivity contribution in [2.45, 2.75) is 13.8 Å². The fourth-order valence-electron chi connectivity index (χ4n) is 4.38. The molecule has 2 N–H and O–H groups in total. The van der Waals surface area contributed by atoms with Crippen molar-refractivity contribution >= 4 is 81.7 Å². The fraction of sp³-hybridized carbons (Fsp3) is 0.120. The first-order valence-corrected chi connectivity index (χ1v) is 12.0. The number of H-pyrrole nitrogens is 2. The number of rotatable bonds is 1. The number of pyridine rings is 3. The molecule has 0 fully saturated rings. The maximum atomic E-state index is 13.4. The lowest BCUT2D eigenvalue weighted by Crippen LogP contribution is -2.17. The second-order valence-corrected chi connectivity index (χ2v) is 9.82. The van der Waals surface area contributed by atoms with Crippen molar-refractivity contribution in [2.24, 2.45) is 5.92 Å². The van der Waals surface area contributed by atoms with Gasteiger partial charge in [-0.25, -0.2) is 4.98 Å². The fourth-order valence-corrected chi connectivity index (χ4v) is 5.43. The van der Waals surface area contributed by atoms with Gasteiger partial charge in [-0.15, -0.1) is 11.3 Å². The third kappa shape index (κ3) is 3.00. The van der Waals surface area contributed by atoms with Crippen LogP contribution in [0.4, 0.5) is 0 Å². The lowest BCUT2D eigenvalue weighted by molar-refractivity contribution is 0.0865. The average Bonchev–Trinajstić information content (AvgIpc) is 3.61. The van der Waals surface area contributed by atoms with Crippen molar-refractivity contribution in [1.29, 1.82) is 0 Å². The minimum Gasteiger partial charge on any atom is -0.335 e. The molecule has 9 nitrogen and oxygen atoms in total. The summed E-state index contributed by atoms with van der Waals surface area (Å²) in [6, 6.07) is 7.89. The van der Waals surface area contributed by atoms with Crippen molar-refractivity contribution < 1.29 is 4.79 Å². The van der Waals surface area contributed by atoms with E-state index in [4.69, 9.17) is 4.98 Å². The van der Waals surface area contributed by atoms with Gasteiger partial charge in [0, 0.05) is 39.2 Å². The molecule has 170 valence electrons. The number of carbonyl (C=O) groups excluding carboxylic acids is 1. The van der Waals surface area contributed by atoms with Gasteiger partial charge in [0.25, 0.3) is 0 Å². The predicted octanol–water partition coefficient (Wildman–Crippen LogP) is 5.52. The summed E-state index contributed by atoms with van der Waals surface area (Å²) < 4.78 is 2.70. The molecule has 0 aromatic carbocycles. The summed E-state index contributed by atoms with van der Waals surface area (Å²) in [5.41, 5.74) is 5.18. The molecule has 0 aliphatic carbocycles. The zero-order valence-electron chi connectivity index (χ0n) is 18.8. The maximum Gasteiger partial charge on any atom is 0.234 e. The number of hydrogen-bond donors (Lipinski definition) is 2. The van der Waals surface area contributed by atoms with Gasteiger partial charge in [0.2, 0.25) is 5.91 Å². The number of nitrogens with zero attached hydrogens (tertiary/aromatic N) is 6. The molecule has 0 saturated heterocycles. The molecule has 7 rings (SSSR count). The van der Waals surface area contributed by atoms with E-state index in [1.165, 1.54) is 11.3 Å². The summed E-state index contributed by atoms with van der Waals surface area (Å²) in [6.45, 7) is 3.80. The Morgan fingerprint density at radius 2 is 1.86 bits per heavy atom. The number of hydrogen-bond acceptors (Lipinski definition) is 7. The SMILES string of the molecule is CC(C)C(=O)n1c2cncc(c2)c2cc3c(cn2)[nH]nc3c2nc3c(cncc3c3ccc1s3)[nH]2. The van der Waals surface area contributed by atoms with Gasteiger partial charge >= 0.3 is 0 Å². The molecule has 0 atom stereocenters. The van der Waals surface area contributed by atoms with Crippen molar-refractivity contribution in [3.63, 3.8) is 0 Å². The minimum atomic E-state index is -0.201. The van der Waals surface area contributed by atoms with E-state index < -0.39 is 0 Å². The van der Waals surface area contributed by atoms with E-state index in [9.17, 15) is 4.79 Å². The van der Waals surface area contributed by atoms with Crippen LogP contribution in [0.3, 0.4) is 0 Å². The lowest BCUT2D eigenvalue weighted by atomic mass is 10.2. The summed E-state index contributed by atoms with van der Waals surface area (Å²) in [5.74, 6) is -0.214. The second kappa shape index (κ2) is 7.28. The Labute approximate surface area is 201 Å². The third-order valence-corrected chi connectivity index (χ3v) is 7.24. The van der Waals surface area contributed by atoms with Gasteiger partial charge in [0.1, 0.15) is 15.9 Å². The molecule has 0 spiro atoms. The van der Waals surface area contributed by atoms with Gasteiger partial charge in [0.05, 0.1) is 40.7 Å². The molecule has 10 heteroatoms. The molecule has 0 amide bonds. The topological polar surface area (TPSA) is 118 Å². The third-order valence-electron chi connectivity index (χ3n) is 6.14. The van der Waals surface area contributed by atoms with Crippen LogP contribution < -0.4 is 0 Å². The summed E-state index contributed by atoms with van der Waals surface area (Å²) in [7, 11) is 0. The lowest BCUT2D eigenvalue weighted by Gasteiger charge is -2.10. The quantitative estimate of drug-likeness (QED) is 0.321. The Morgan fingerprint density at radius 1 is 0.971 bits per heavy atom. The van der Waals surface area contributed by atoms with Crippen LogP contribution in [0.25, 0.3) is 64.4 Å². The zero-order valence-corrected chi connectivity index (χ0v) is 19.6. The number of aromatic nitrogens is 8. The van der Waals surface area contributed by atoms with Crippen molar-refractivity contribution in [2.75, 3.05) is 0 Å². The highest BCUT2D eigenvalue weighted by atomic mass is 32.1. The normalized spacial score (nSPS) is 12.1. The molecular formula is C25H18N8OS. The average molecular weight is 479 g/mol. The summed E-state index contributed by atoms with van der Waals surface area (Å²) in [6.07, 6.45) is 8.79. The summed E-state index contributed by atoms with van der Waals surface area (Å²) in [5, 5.41) is 10.2. The highest BCUT2D eigenvalue weighted by molar-refractivity contribution is 7.24. The molecule has 8 bridgehead atoms. The molecule has 7 heterocycles. The molecule has 0 saturated carbocycles. The van der Waals surface area contributed by atoms with E-state index in [1.54, 1.807) is 29.4 Å². The molecule has 7 aromatic heterocycles. The van der Waals surface area contributed by atoms with Crippen molar-refractivity contribution in [1.82, 2.24) is 39.7 Å². The molecule has 0 aliphatic rings. The van der Waals surface area contributed by atoms with Crippen molar-refractivity contribution in [3.8, 4) is 0 Å². The zero-order chi connectivity index (χ0) is 23.7. The Balaban J connectivity index is 1.78. The number of imidazole rings is 1. The Bertz CT molecular complexity index is 2030. The van der Waals surface area contributed by atoms with Gasteiger partial charge < -0.3 is 4.98 Å². The number of aromatic amines is 2. The molecule has 0 radical (unpaired) electrons.